The first-order chi connectivity index (χ1) is 16.7. The number of ether oxygens (including phenoxy) is 3. The molecule has 35 heavy (non-hydrogen) atoms. The molecular formula is C23H28N6O6. The normalized spacial score (nSPS) is 15.7. The van der Waals surface area contributed by atoms with Gasteiger partial charge in [-0.15, -0.1) is 0 Å². The van der Waals surface area contributed by atoms with E-state index in [0.717, 1.165) is 12.8 Å². The molecule has 0 spiro atoms. The quantitative estimate of drug-likeness (QED) is 0.511. The van der Waals surface area contributed by atoms with Crippen LogP contribution in [-0.2, 0) is 4.74 Å². The molecule has 186 valence electrons. The van der Waals surface area contributed by atoms with Crippen molar-refractivity contribution in [2.24, 2.45) is 0 Å². The van der Waals surface area contributed by atoms with E-state index in [1.165, 1.54) is 6.20 Å². The molecule has 1 saturated heterocycles. The molecule has 3 aromatic rings. The minimum absolute atomic E-state index is 0.0646. The van der Waals surface area contributed by atoms with Crippen LogP contribution < -0.4 is 20.5 Å². The molecule has 0 bridgehead atoms. The van der Waals surface area contributed by atoms with Crippen molar-refractivity contribution in [1.82, 2.24) is 25.0 Å². The summed E-state index contributed by atoms with van der Waals surface area (Å²) in [5.74, 6) is 0.901. The van der Waals surface area contributed by atoms with E-state index in [0.29, 0.717) is 30.3 Å². The fourth-order valence-electron chi connectivity index (χ4n) is 3.60. The number of aromatic nitrogens is 4. The minimum Gasteiger partial charge on any atom is -0.497 e. The molecule has 2 aromatic heterocycles. The monoisotopic (exact) mass is 484 g/mol. The lowest BCUT2D eigenvalue weighted by molar-refractivity contribution is 0.0235. The van der Waals surface area contributed by atoms with Crippen LogP contribution >= 0.6 is 0 Å². The molecule has 3 heterocycles. The topological polar surface area (TPSA) is 145 Å². The van der Waals surface area contributed by atoms with Crippen LogP contribution in [0.2, 0.25) is 0 Å². The van der Waals surface area contributed by atoms with E-state index in [2.05, 4.69) is 29.9 Å². The number of likely N-dealkylation sites (tertiary alicyclic amines) is 1. The number of H-pyrrole nitrogens is 1. The van der Waals surface area contributed by atoms with Crippen molar-refractivity contribution in [2.75, 3.05) is 25.5 Å². The average Bonchev–Trinajstić information content (AvgIpc) is 3.46. The third-order valence-corrected chi connectivity index (χ3v) is 5.21. The second kappa shape index (κ2) is 10.0. The zero-order valence-corrected chi connectivity index (χ0v) is 20.0. The molecule has 12 nitrogen and oxygen atoms in total. The first-order valence-corrected chi connectivity index (χ1v) is 11.2. The number of carbonyl (C=O) groups is 1. The van der Waals surface area contributed by atoms with Crippen LogP contribution in [0.5, 0.6) is 17.4 Å². The summed E-state index contributed by atoms with van der Waals surface area (Å²) in [6, 6.07) is 6.94. The van der Waals surface area contributed by atoms with E-state index in [9.17, 15) is 9.59 Å². The largest absolute Gasteiger partial charge is 0.497 e. The van der Waals surface area contributed by atoms with Crippen molar-refractivity contribution in [3.8, 4) is 29.0 Å². The molecule has 1 aliphatic rings. The lowest BCUT2D eigenvalue weighted by Crippen LogP contribution is -2.42. The molecule has 1 unspecified atom stereocenters. The average molecular weight is 485 g/mol. The fourth-order valence-corrected chi connectivity index (χ4v) is 3.60. The van der Waals surface area contributed by atoms with Crippen molar-refractivity contribution in [3.63, 3.8) is 0 Å². The second-order valence-corrected chi connectivity index (χ2v) is 8.98. The third-order valence-electron chi connectivity index (χ3n) is 5.21. The van der Waals surface area contributed by atoms with E-state index in [4.69, 9.17) is 14.2 Å². The summed E-state index contributed by atoms with van der Waals surface area (Å²) in [7, 11) is 1.58. The van der Waals surface area contributed by atoms with Gasteiger partial charge in [0.2, 0.25) is 17.5 Å². The van der Waals surface area contributed by atoms with Gasteiger partial charge < -0.3 is 24.4 Å². The van der Waals surface area contributed by atoms with Gasteiger partial charge in [0.25, 0.3) is 0 Å². The molecule has 0 saturated carbocycles. The molecule has 2 N–H and O–H groups in total. The zero-order chi connectivity index (χ0) is 25.0. The number of carbonyl (C=O) groups excluding carboxylic acids is 1. The van der Waals surface area contributed by atoms with Gasteiger partial charge in [-0.1, -0.05) is 5.16 Å². The standard InChI is InChI=1S/C23H28N6O6/c1-23(2,3)34-22(31)29-11-5-6-14(29)12-24-17-13-25-18(19-27-21(30)35-28-19)26-20(17)33-16-9-7-15(32-4)8-10-16/h7-10,13-14,24H,5-6,11-12H2,1-4H3,(H,27,28,30). The molecular weight excluding hydrogens is 456 g/mol. The summed E-state index contributed by atoms with van der Waals surface area (Å²) in [5.41, 5.74) is -0.0607. The molecule has 1 atom stereocenters. The third kappa shape index (κ3) is 6.08. The Balaban J connectivity index is 1.54. The molecule has 0 radical (unpaired) electrons. The Labute approximate surface area is 201 Å². The van der Waals surface area contributed by atoms with E-state index in [1.807, 2.05) is 20.8 Å². The summed E-state index contributed by atoms with van der Waals surface area (Å²) >= 11 is 0. The van der Waals surface area contributed by atoms with E-state index >= 15 is 0 Å². The van der Waals surface area contributed by atoms with Gasteiger partial charge in [0.15, 0.2) is 0 Å². The van der Waals surface area contributed by atoms with Crippen molar-refractivity contribution < 1.29 is 23.5 Å². The van der Waals surface area contributed by atoms with Crippen LogP contribution in [-0.4, -0.2) is 62.9 Å². The maximum absolute atomic E-state index is 12.6. The summed E-state index contributed by atoms with van der Waals surface area (Å²) in [5, 5.41) is 6.93. The minimum atomic E-state index is -0.716. The Bertz CT molecular complexity index is 1220. The van der Waals surface area contributed by atoms with E-state index in [1.54, 1.807) is 36.3 Å². The van der Waals surface area contributed by atoms with Crippen LogP contribution in [0.1, 0.15) is 33.6 Å². The molecule has 1 aromatic carbocycles. The number of nitrogens with zero attached hydrogens (tertiary/aromatic N) is 4. The van der Waals surface area contributed by atoms with Gasteiger partial charge >= 0.3 is 11.8 Å². The first kappa shape index (κ1) is 24.0. The van der Waals surface area contributed by atoms with Crippen molar-refractivity contribution in [2.45, 2.75) is 45.3 Å². The summed E-state index contributed by atoms with van der Waals surface area (Å²) < 4.78 is 21.3. The van der Waals surface area contributed by atoms with Crippen LogP contribution in [0.25, 0.3) is 11.6 Å². The second-order valence-electron chi connectivity index (χ2n) is 8.98. The number of anilines is 1. The first-order valence-electron chi connectivity index (χ1n) is 11.2. The number of hydrogen-bond acceptors (Lipinski definition) is 10. The molecule has 1 amide bonds. The van der Waals surface area contributed by atoms with Crippen molar-refractivity contribution >= 4 is 11.8 Å². The summed E-state index contributed by atoms with van der Waals surface area (Å²) in [6.45, 7) is 6.61. The highest BCUT2D eigenvalue weighted by molar-refractivity contribution is 5.69. The van der Waals surface area contributed by atoms with Gasteiger partial charge in [-0.25, -0.2) is 14.6 Å². The highest BCUT2D eigenvalue weighted by Gasteiger charge is 2.32. The van der Waals surface area contributed by atoms with Gasteiger partial charge in [0.1, 0.15) is 22.8 Å². The number of aromatic amines is 1. The molecule has 1 fully saturated rings. The molecule has 0 aliphatic carbocycles. The summed E-state index contributed by atoms with van der Waals surface area (Å²) in [6.07, 6.45) is 2.91. The van der Waals surface area contributed by atoms with Crippen LogP contribution in [0.3, 0.4) is 0 Å². The van der Waals surface area contributed by atoms with Crippen LogP contribution in [0, 0.1) is 0 Å². The molecule has 1 aliphatic heterocycles. The predicted molar refractivity (Wildman–Crippen MR) is 126 cm³/mol. The maximum atomic E-state index is 12.6. The Kier molecular flexibility index (Phi) is 6.90. The smallest absolute Gasteiger partial charge is 0.439 e. The van der Waals surface area contributed by atoms with Gasteiger partial charge in [-0.05, 0) is 57.9 Å². The Morgan fingerprint density at radius 1 is 1.26 bits per heavy atom. The predicted octanol–water partition coefficient (Wildman–Crippen LogP) is 3.43. The maximum Gasteiger partial charge on any atom is 0.439 e. The number of hydrogen-bond donors (Lipinski definition) is 2. The van der Waals surface area contributed by atoms with Crippen molar-refractivity contribution in [3.05, 3.63) is 41.0 Å². The number of amides is 1. The number of rotatable bonds is 7. The van der Waals surface area contributed by atoms with E-state index in [-0.39, 0.29) is 29.7 Å². The van der Waals surface area contributed by atoms with Gasteiger partial charge in [0.05, 0.1) is 19.3 Å². The molecule has 12 heteroatoms. The molecule has 4 rings (SSSR count). The van der Waals surface area contributed by atoms with Gasteiger partial charge in [-0.3, -0.25) is 9.51 Å². The van der Waals surface area contributed by atoms with Gasteiger partial charge in [0, 0.05) is 13.1 Å². The van der Waals surface area contributed by atoms with Crippen molar-refractivity contribution in [1.29, 1.82) is 0 Å². The Morgan fingerprint density at radius 2 is 2.00 bits per heavy atom. The zero-order valence-electron chi connectivity index (χ0n) is 20.0. The number of benzene rings is 1. The summed E-state index contributed by atoms with van der Waals surface area (Å²) in [4.78, 5) is 36.8. The van der Waals surface area contributed by atoms with Crippen LogP contribution in [0.15, 0.2) is 39.8 Å². The van der Waals surface area contributed by atoms with Crippen LogP contribution in [0.4, 0.5) is 10.5 Å². The number of nitrogens with one attached hydrogen (secondary N) is 2. The Hall–Kier alpha value is -4.09. The van der Waals surface area contributed by atoms with E-state index < -0.39 is 11.4 Å². The van der Waals surface area contributed by atoms with Gasteiger partial charge in [-0.2, -0.15) is 4.98 Å². The lowest BCUT2D eigenvalue weighted by atomic mass is 10.2. The number of methoxy groups -OCH3 is 1. The fraction of sp³-hybridized carbons (Fsp3) is 0.435. The highest BCUT2D eigenvalue weighted by Crippen LogP contribution is 2.30. The SMILES string of the molecule is COc1ccc(Oc2nc(-c3noc(=O)[nH]3)ncc2NCC2CCCN2C(=O)OC(C)(C)C)cc1. The highest BCUT2D eigenvalue weighted by atomic mass is 16.6. The lowest BCUT2D eigenvalue weighted by Gasteiger charge is -2.29. The Morgan fingerprint density at radius 3 is 2.66 bits per heavy atom.